The van der Waals surface area contributed by atoms with Crippen molar-refractivity contribution in [2.24, 2.45) is 5.41 Å². The molecule has 0 saturated carbocycles. The third kappa shape index (κ3) is 7.90. The summed E-state index contributed by atoms with van der Waals surface area (Å²) in [7, 11) is 0. The fourth-order valence-electron chi connectivity index (χ4n) is 3.47. The van der Waals surface area contributed by atoms with Crippen LogP contribution in [0, 0.1) is 15.5 Å². The van der Waals surface area contributed by atoms with Crippen molar-refractivity contribution < 1.29 is 9.66 Å². The van der Waals surface area contributed by atoms with E-state index in [2.05, 4.69) is 31.0 Å². The average molecular weight is 393 g/mol. The topological polar surface area (TPSA) is 84.3 Å². The van der Waals surface area contributed by atoms with Crippen molar-refractivity contribution in [2.45, 2.75) is 78.6 Å². The molecule has 1 aliphatic heterocycles. The van der Waals surface area contributed by atoms with Gasteiger partial charge in [-0.15, -0.1) is 0 Å². The summed E-state index contributed by atoms with van der Waals surface area (Å²) in [6, 6.07) is 0. The number of nitrogens with one attached hydrogen (secondary N) is 1. The summed E-state index contributed by atoms with van der Waals surface area (Å²) in [5.41, 5.74) is 0.492. The Balaban J connectivity index is 1.52. The fraction of sp³-hybridized carbons (Fsp3) is 0.762. The second-order valence-corrected chi connectivity index (χ2v) is 8.86. The maximum absolute atomic E-state index is 11.0. The quantitative estimate of drug-likeness (QED) is 0.284. The molecule has 0 unspecified atom stereocenters. The van der Waals surface area contributed by atoms with Gasteiger partial charge in [0.05, 0.1) is 17.3 Å². The zero-order valence-electron chi connectivity index (χ0n) is 17.7. The Morgan fingerprint density at radius 3 is 2.46 bits per heavy atom. The molecule has 0 amide bonds. The number of hydrogen-bond donors (Lipinski definition) is 1. The first-order valence-corrected chi connectivity index (χ1v) is 10.6. The van der Waals surface area contributed by atoms with Crippen LogP contribution >= 0.6 is 0 Å². The van der Waals surface area contributed by atoms with E-state index in [1.165, 1.54) is 51.1 Å². The molecular formula is C21H36N4O3. The Morgan fingerprint density at radius 2 is 1.86 bits per heavy atom. The van der Waals surface area contributed by atoms with E-state index in [4.69, 9.17) is 4.74 Å². The molecule has 0 bridgehead atoms. The van der Waals surface area contributed by atoms with E-state index in [-0.39, 0.29) is 5.69 Å². The first-order valence-electron chi connectivity index (χ1n) is 10.6. The molecular weight excluding hydrogens is 356 g/mol. The van der Waals surface area contributed by atoms with Gasteiger partial charge in [0.15, 0.2) is 0 Å². The number of nitrogens with zero attached hydrogens (tertiary/aromatic N) is 3. The number of aromatic amines is 1. The molecule has 2 rings (SSSR count). The second kappa shape index (κ2) is 11.1. The lowest BCUT2D eigenvalue weighted by molar-refractivity contribution is -0.384. The number of H-pyrrole nitrogens is 1. The van der Waals surface area contributed by atoms with Gasteiger partial charge in [0.2, 0.25) is 5.82 Å². The molecule has 0 aliphatic carbocycles. The highest BCUT2D eigenvalue weighted by atomic mass is 16.6. The van der Waals surface area contributed by atoms with Crippen molar-refractivity contribution in [3.05, 3.63) is 28.1 Å². The molecule has 28 heavy (non-hydrogen) atoms. The van der Waals surface area contributed by atoms with Crippen molar-refractivity contribution in [3.63, 3.8) is 0 Å². The SMILES string of the molecule is CC(C)(C)CCCCCCCCCOC1=CCN(c2[nH]ncc2[N+](=O)[O-])CC1. The summed E-state index contributed by atoms with van der Waals surface area (Å²) in [6.07, 6.45) is 14.3. The predicted octanol–water partition coefficient (Wildman–Crippen LogP) is 5.60. The standard InChI is InChI=1S/C21H36N4O3/c1-21(2,3)13-9-7-5-4-6-8-10-16-28-18-11-14-24(15-12-18)20-19(25(26)27)17-22-23-20/h11,17H,4-10,12-16H2,1-3H3,(H,22,23). The van der Waals surface area contributed by atoms with Crippen LogP contribution in [-0.2, 0) is 4.74 Å². The number of ether oxygens (including phenoxy) is 1. The molecule has 0 saturated heterocycles. The van der Waals surface area contributed by atoms with E-state index < -0.39 is 4.92 Å². The summed E-state index contributed by atoms with van der Waals surface area (Å²) in [6.45, 7) is 9.00. The molecule has 7 heteroatoms. The number of rotatable bonds is 12. The van der Waals surface area contributed by atoms with Gasteiger partial charge >= 0.3 is 5.69 Å². The molecule has 7 nitrogen and oxygen atoms in total. The van der Waals surface area contributed by atoms with Gasteiger partial charge in [-0.2, -0.15) is 5.10 Å². The zero-order valence-corrected chi connectivity index (χ0v) is 17.7. The average Bonchev–Trinajstić information content (AvgIpc) is 3.13. The van der Waals surface area contributed by atoms with Crippen molar-refractivity contribution in [1.29, 1.82) is 0 Å². The lowest BCUT2D eigenvalue weighted by atomic mass is 9.89. The highest BCUT2D eigenvalue weighted by Gasteiger charge is 2.23. The maximum Gasteiger partial charge on any atom is 0.330 e. The van der Waals surface area contributed by atoms with E-state index in [0.29, 0.717) is 24.3 Å². The summed E-state index contributed by atoms with van der Waals surface area (Å²) in [5, 5.41) is 17.5. The van der Waals surface area contributed by atoms with Gasteiger partial charge in [-0.25, -0.2) is 0 Å². The molecule has 1 aliphatic rings. The third-order valence-electron chi connectivity index (χ3n) is 5.14. The minimum atomic E-state index is -0.404. The monoisotopic (exact) mass is 392 g/mol. The van der Waals surface area contributed by atoms with Crippen LogP contribution in [0.25, 0.3) is 0 Å². The second-order valence-electron chi connectivity index (χ2n) is 8.86. The Kier molecular flexibility index (Phi) is 8.80. The Morgan fingerprint density at radius 1 is 1.18 bits per heavy atom. The van der Waals surface area contributed by atoms with Crippen LogP contribution in [0.2, 0.25) is 0 Å². The van der Waals surface area contributed by atoms with E-state index in [1.54, 1.807) is 0 Å². The first-order chi connectivity index (χ1) is 13.4. The maximum atomic E-state index is 11.0. The van der Waals surface area contributed by atoms with Gasteiger partial charge in [0, 0.05) is 19.5 Å². The van der Waals surface area contributed by atoms with Gasteiger partial charge in [-0.1, -0.05) is 59.3 Å². The van der Waals surface area contributed by atoms with Crippen LogP contribution in [0.5, 0.6) is 0 Å². The van der Waals surface area contributed by atoms with Crippen LogP contribution in [0.15, 0.2) is 18.0 Å². The third-order valence-corrected chi connectivity index (χ3v) is 5.14. The van der Waals surface area contributed by atoms with Crippen molar-refractivity contribution in [1.82, 2.24) is 10.2 Å². The number of nitro groups is 1. The molecule has 0 radical (unpaired) electrons. The van der Waals surface area contributed by atoms with Crippen LogP contribution in [0.3, 0.4) is 0 Å². The minimum Gasteiger partial charge on any atom is -0.498 e. The summed E-state index contributed by atoms with van der Waals surface area (Å²) < 4.78 is 5.88. The van der Waals surface area contributed by atoms with E-state index in [9.17, 15) is 10.1 Å². The van der Waals surface area contributed by atoms with Gasteiger partial charge < -0.3 is 9.64 Å². The fourth-order valence-corrected chi connectivity index (χ4v) is 3.47. The molecule has 1 N–H and O–H groups in total. The number of hydrogen-bond acceptors (Lipinski definition) is 5. The lowest BCUT2D eigenvalue weighted by Crippen LogP contribution is -2.29. The largest absolute Gasteiger partial charge is 0.498 e. The zero-order chi connectivity index (χ0) is 20.4. The van der Waals surface area contributed by atoms with Crippen LogP contribution < -0.4 is 4.90 Å². The predicted molar refractivity (Wildman–Crippen MR) is 112 cm³/mol. The Labute approximate surface area is 168 Å². The highest BCUT2D eigenvalue weighted by Crippen LogP contribution is 2.27. The number of aromatic nitrogens is 2. The highest BCUT2D eigenvalue weighted by molar-refractivity contribution is 5.57. The van der Waals surface area contributed by atoms with Crippen LogP contribution in [0.4, 0.5) is 11.5 Å². The molecule has 0 aromatic carbocycles. The van der Waals surface area contributed by atoms with Crippen molar-refractivity contribution >= 4 is 11.5 Å². The van der Waals surface area contributed by atoms with Crippen LogP contribution in [-0.4, -0.2) is 34.8 Å². The minimum absolute atomic E-state index is 0.0242. The number of anilines is 1. The van der Waals surface area contributed by atoms with Gasteiger partial charge in [0.25, 0.3) is 0 Å². The number of unbranched alkanes of at least 4 members (excludes halogenated alkanes) is 6. The van der Waals surface area contributed by atoms with Crippen molar-refractivity contribution in [3.8, 4) is 0 Å². The van der Waals surface area contributed by atoms with Crippen LogP contribution in [0.1, 0.15) is 78.6 Å². The molecule has 0 spiro atoms. The van der Waals surface area contributed by atoms with Crippen molar-refractivity contribution in [2.75, 3.05) is 24.6 Å². The van der Waals surface area contributed by atoms with Gasteiger partial charge in [0.1, 0.15) is 6.20 Å². The summed E-state index contributed by atoms with van der Waals surface area (Å²) in [4.78, 5) is 12.5. The normalized spacial score (nSPS) is 14.8. The lowest BCUT2D eigenvalue weighted by Gasteiger charge is -2.26. The van der Waals surface area contributed by atoms with E-state index in [1.807, 2.05) is 11.0 Å². The molecule has 2 heterocycles. The van der Waals surface area contributed by atoms with Gasteiger partial charge in [-0.05, 0) is 24.3 Å². The Bertz CT molecular complexity index is 634. The summed E-state index contributed by atoms with van der Waals surface area (Å²) in [5.74, 6) is 1.48. The van der Waals surface area contributed by atoms with E-state index >= 15 is 0 Å². The van der Waals surface area contributed by atoms with E-state index in [0.717, 1.165) is 25.2 Å². The molecule has 1 aromatic rings. The van der Waals surface area contributed by atoms with Gasteiger partial charge in [-0.3, -0.25) is 15.2 Å². The Hall–Kier alpha value is -2.05. The molecule has 1 aromatic heterocycles. The molecule has 0 atom stereocenters. The smallest absolute Gasteiger partial charge is 0.330 e. The molecule has 158 valence electrons. The first kappa shape index (κ1) is 22.2. The summed E-state index contributed by atoms with van der Waals surface area (Å²) >= 11 is 0. The molecule has 0 fully saturated rings.